The third-order valence-electron chi connectivity index (χ3n) is 4.05. The number of ketones is 1. The second-order valence-electron chi connectivity index (χ2n) is 6.03. The molecule has 0 N–H and O–H groups in total. The van der Waals surface area contributed by atoms with E-state index < -0.39 is 17.6 Å². The Hall–Kier alpha value is -3.28. The summed E-state index contributed by atoms with van der Waals surface area (Å²) < 4.78 is 6.52. The molecule has 1 atom stereocenters. The number of ether oxygens (including phenoxy) is 1. The molecule has 0 fully saturated rings. The van der Waals surface area contributed by atoms with E-state index in [1.165, 1.54) is 11.5 Å². The fourth-order valence-corrected chi connectivity index (χ4v) is 2.65. The summed E-state index contributed by atoms with van der Waals surface area (Å²) in [6.45, 7) is 3.16. The average Bonchev–Trinajstić information content (AvgIpc) is 2.64. The van der Waals surface area contributed by atoms with Crippen LogP contribution in [-0.4, -0.2) is 27.4 Å². The van der Waals surface area contributed by atoms with E-state index in [9.17, 15) is 14.4 Å². The number of fused-ring (bicyclic) bond motifs is 1. The van der Waals surface area contributed by atoms with Gasteiger partial charge in [0.2, 0.25) is 5.78 Å². The van der Waals surface area contributed by atoms with Crippen LogP contribution in [0.4, 0.5) is 0 Å². The van der Waals surface area contributed by atoms with E-state index in [0.29, 0.717) is 16.6 Å². The van der Waals surface area contributed by atoms with E-state index in [1.807, 2.05) is 19.1 Å². The summed E-state index contributed by atoms with van der Waals surface area (Å²) in [5, 5.41) is 0. The van der Waals surface area contributed by atoms with E-state index in [2.05, 4.69) is 4.98 Å². The first-order chi connectivity index (χ1) is 12.5. The third kappa shape index (κ3) is 3.69. The SMILES string of the molecule is Cc1ccc(C(=O)C(C)OC(=O)Cn2c(=O)cnc3ccccc32)cc1. The summed E-state index contributed by atoms with van der Waals surface area (Å²) in [7, 11) is 0. The molecular formula is C20H18N2O4. The van der Waals surface area contributed by atoms with Gasteiger partial charge in [-0.2, -0.15) is 0 Å². The van der Waals surface area contributed by atoms with Crippen molar-refractivity contribution in [1.82, 2.24) is 9.55 Å². The molecule has 6 nitrogen and oxygen atoms in total. The monoisotopic (exact) mass is 350 g/mol. The Morgan fingerprint density at radius 3 is 2.54 bits per heavy atom. The van der Waals surface area contributed by atoms with Crippen molar-refractivity contribution in [2.45, 2.75) is 26.5 Å². The Labute approximate surface area is 150 Å². The van der Waals surface area contributed by atoms with Crippen molar-refractivity contribution in [2.75, 3.05) is 0 Å². The first kappa shape index (κ1) is 17.5. The molecule has 1 unspecified atom stereocenters. The summed E-state index contributed by atoms with van der Waals surface area (Å²) in [5.74, 6) is -0.943. The van der Waals surface area contributed by atoms with Crippen LogP contribution in [0.25, 0.3) is 11.0 Å². The smallest absolute Gasteiger partial charge is 0.326 e. The molecule has 0 saturated heterocycles. The maximum Gasteiger partial charge on any atom is 0.326 e. The Balaban J connectivity index is 1.75. The van der Waals surface area contributed by atoms with Crippen LogP contribution in [-0.2, 0) is 16.1 Å². The van der Waals surface area contributed by atoms with Crippen LogP contribution < -0.4 is 5.56 Å². The van der Waals surface area contributed by atoms with Gasteiger partial charge < -0.3 is 4.74 Å². The van der Waals surface area contributed by atoms with Crippen molar-refractivity contribution in [3.8, 4) is 0 Å². The van der Waals surface area contributed by atoms with Gasteiger partial charge in [-0.1, -0.05) is 42.0 Å². The Bertz CT molecular complexity index is 1020. The second kappa shape index (κ2) is 7.31. The molecular weight excluding hydrogens is 332 g/mol. The lowest BCUT2D eigenvalue weighted by Crippen LogP contribution is -2.30. The molecule has 3 aromatic rings. The molecule has 0 aliphatic rings. The Morgan fingerprint density at radius 1 is 1.12 bits per heavy atom. The molecule has 3 rings (SSSR count). The molecule has 1 aromatic heterocycles. The molecule has 6 heteroatoms. The average molecular weight is 350 g/mol. The number of esters is 1. The largest absolute Gasteiger partial charge is 0.453 e. The van der Waals surface area contributed by atoms with Crippen molar-refractivity contribution < 1.29 is 14.3 Å². The summed E-state index contributed by atoms with van der Waals surface area (Å²) in [5.41, 5.74) is 2.24. The highest BCUT2D eigenvalue weighted by Gasteiger charge is 2.20. The molecule has 26 heavy (non-hydrogen) atoms. The van der Waals surface area contributed by atoms with Crippen LogP contribution >= 0.6 is 0 Å². The minimum Gasteiger partial charge on any atom is -0.453 e. The standard InChI is InChI=1S/C20H18N2O4/c1-13-7-9-15(10-8-13)20(25)14(2)26-19(24)12-22-17-6-4-3-5-16(17)21-11-18(22)23/h3-11,14H,12H2,1-2H3. The minimum absolute atomic E-state index is 0.284. The molecule has 1 heterocycles. The third-order valence-corrected chi connectivity index (χ3v) is 4.05. The van der Waals surface area contributed by atoms with Gasteiger partial charge in [-0.3, -0.25) is 19.0 Å². The summed E-state index contributed by atoms with van der Waals surface area (Å²) in [6.07, 6.45) is 0.227. The zero-order chi connectivity index (χ0) is 18.7. The highest BCUT2D eigenvalue weighted by Crippen LogP contribution is 2.11. The zero-order valence-corrected chi connectivity index (χ0v) is 14.5. The van der Waals surface area contributed by atoms with Gasteiger partial charge in [-0.25, -0.2) is 4.98 Å². The van der Waals surface area contributed by atoms with E-state index in [0.717, 1.165) is 11.8 Å². The fraction of sp³-hybridized carbons (Fsp3) is 0.200. The number of hydrogen-bond acceptors (Lipinski definition) is 5. The van der Waals surface area contributed by atoms with Gasteiger partial charge in [0.05, 0.1) is 17.2 Å². The lowest BCUT2D eigenvalue weighted by atomic mass is 10.1. The number of aromatic nitrogens is 2. The van der Waals surface area contributed by atoms with Crippen LogP contribution in [0.1, 0.15) is 22.8 Å². The van der Waals surface area contributed by atoms with E-state index >= 15 is 0 Å². The first-order valence-corrected chi connectivity index (χ1v) is 8.20. The van der Waals surface area contributed by atoms with Gasteiger partial charge in [0.15, 0.2) is 6.10 Å². The molecule has 0 saturated carbocycles. The van der Waals surface area contributed by atoms with Crippen LogP contribution in [0.3, 0.4) is 0 Å². The number of rotatable bonds is 5. The quantitative estimate of drug-likeness (QED) is 0.522. The number of nitrogens with zero attached hydrogens (tertiary/aromatic N) is 2. The van der Waals surface area contributed by atoms with Gasteiger partial charge in [-0.05, 0) is 26.0 Å². The number of hydrogen-bond donors (Lipinski definition) is 0. The number of Topliss-reactive ketones (excluding diaryl/α,β-unsaturated/α-hetero) is 1. The number of para-hydroxylation sites is 2. The predicted molar refractivity (Wildman–Crippen MR) is 97.1 cm³/mol. The highest BCUT2D eigenvalue weighted by molar-refractivity contribution is 6.00. The minimum atomic E-state index is -0.936. The molecule has 0 spiro atoms. The molecule has 0 amide bonds. The molecule has 0 bridgehead atoms. The molecule has 0 aliphatic heterocycles. The van der Waals surface area contributed by atoms with Crippen molar-refractivity contribution in [1.29, 1.82) is 0 Å². The Kier molecular flexibility index (Phi) is 4.93. The first-order valence-electron chi connectivity index (χ1n) is 8.20. The molecule has 132 valence electrons. The van der Waals surface area contributed by atoms with Gasteiger partial charge >= 0.3 is 5.97 Å². The second-order valence-corrected chi connectivity index (χ2v) is 6.03. The lowest BCUT2D eigenvalue weighted by molar-refractivity contribution is -0.147. The molecule has 2 aromatic carbocycles. The van der Waals surface area contributed by atoms with Gasteiger partial charge in [0.1, 0.15) is 6.54 Å². The van der Waals surface area contributed by atoms with Crippen molar-refractivity contribution in [3.05, 3.63) is 76.2 Å². The number of benzene rings is 2. The maximum absolute atomic E-state index is 12.4. The van der Waals surface area contributed by atoms with E-state index in [-0.39, 0.29) is 12.3 Å². The fourth-order valence-electron chi connectivity index (χ4n) is 2.65. The lowest BCUT2D eigenvalue weighted by Gasteiger charge is -2.14. The predicted octanol–water partition coefficient (Wildman–Crippen LogP) is 2.52. The van der Waals surface area contributed by atoms with Crippen LogP contribution in [0, 0.1) is 6.92 Å². The van der Waals surface area contributed by atoms with Crippen LogP contribution in [0.2, 0.25) is 0 Å². The summed E-state index contributed by atoms with van der Waals surface area (Å²) >= 11 is 0. The van der Waals surface area contributed by atoms with Crippen molar-refractivity contribution >= 4 is 22.8 Å². The number of aryl methyl sites for hydroxylation is 1. The van der Waals surface area contributed by atoms with Gasteiger partial charge in [0.25, 0.3) is 5.56 Å². The topological polar surface area (TPSA) is 78.3 Å². The molecule has 0 radical (unpaired) electrons. The highest BCUT2D eigenvalue weighted by atomic mass is 16.5. The Morgan fingerprint density at radius 2 is 1.81 bits per heavy atom. The van der Waals surface area contributed by atoms with Crippen LogP contribution in [0.15, 0.2) is 59.5 Å². The molecule has 0 aliphatic carbocycles. The van der Waals surface area contributed by atoms with Crippen LogP contribution in [0.5, 0.6) is 0 Å². The maximum atomic E-state index is 12.4. The number of carbonyl (C=O) groups excluding carboxylic acids is 2. The van der Waals surface area contributed by atoms with Gasteiger partial charge in [-0.15, -0.1) is 0 Å². The van der Waals surface area contributed by atoms with E-state index in [1.54, 1.807) is 36.4 Å². The van der Waals surface area contributed by atoms with Crippen molar-refractivity contribution in [2.24, 2.45) is 0 Å². The number of carbonyl (C=O) groups is 2. The van der Waals surface area contributed by atoms with Gasteiger partial charge in [0, 0.05) is 5.56 Å². The van der Waals surface area contributed by atoms with Crippen molar-refractivity contribution in [3.63, 3.8) is 0 Å². The normalized spacial score (nSPS) is 11.9. The van der Waals surface area contributed by atoms with E-state index in [4.69, 9.17) is 4.74 Å². The summed E-state index contributed by atoms with van der Waals surface area (Å²) in [6, 6.07) is 14.1. The zero-order valence-electron chi connectivity index (χ0n) is 14.5. The summed E-state index contributed by atoms with van der Waals surface area (Å²) in [4.78, 5) is 40.7.